The van der Waals surface area contributed by atoms with Crippen molar-refractivity contribution in [2.24, 2.45) is 0 Å². The van der Waals surface area contributed by atoms with Crippen LogP contribution in [0.25, 0.3) is 22.2 Å². The number of benzene rings is 2. The van der Waals surface area contributed by atoms with Gasteiger partial charge in [0.15, 0.2) is 0 Å². The van der Waals surface area contributed by atoms with Gasteiger partial charge in [-0.3, -0.25) is 4.79 Å². The molecule has 1 saturated heterocycles. The van der Waals surface area contributed by atoms with Crippen molar-refractivity contribution in [3.63, 3.8) is 0 Å². The van der Waals surface area contributed by atoms with Crippen molar-refractivity contribution in [1.29, 1.82) is 0 Å². The van der Waals surface area contributed by atoms with Gasteiger partial charge in [-0.05, 0) is 41.0 Å². The largest absolute Gasteiger partial charge is 0.392 e. The third-order valence-corrected chi connectivity index (χ3v) is 7.44. The summed E-state index contributed by atoms with van der Waals surface area (Å²) in [5.74, 6) is -0.132. The van der Waals surface area contributed by atoms with E-state index >= 15 is 0 Å². The first kappa shape index (κ1) is 26.2. The number of piperazine rings is 1. The van der Waals surface area contributed by atoms with Crippen LogP contribution in [0.5, 0.6) is 0 Å². The number of H-pyrrole nitrogens is 1. The van der Waals surface area contributed by atoms with Gasteiger partial charge in [0.2, 0.25) is 5.91 Å². The van der Waals surface area contributed by atoms with Crippen LogP contribution in [0.4, 0.5) is 5.69 Å². The van der Waals surface area contributed by atoms with Gasteiger partial charge in [0.1, 0.15) is 5.65 Å². The molecule has 0 unspecified atom stereocenters. The highest BCUT2D eigenvalue weighted by Gasteiger charge is 2.30. The molecule has 198 valence electrons. The van der Waals surface area contributed by atoms with E-state index in [1.165, 1.54) is 0 Å². The first-order valence-corrected chi connectivity index (χ1v) is 13.5. The monoisotopic (exact) mass is 531 g/mol. The number of aliphatic hydroxyl groups excluding tert-OH is 1. The van der Waals surface area contributed by atoms with Crippen LogP contribution < -0.4 is 10.2 Å². The second-order valence-corrected chi connectivity index (χ2v) is 10.5. The summed E-state index contributed by atoms with van der Waals surface area (Å²) in [5.41, 5.74) is 5.82. The predicted molar refractivity (Wildman–Crippen MR) is 154 cm³/mol. The van der Waals surface area contributed by atoms with E-state index in [0.29, 0.717) is 37.7 Å². The number of nitrogens with zero attached hydrogens (tertiary/aromatic N) is 3. The number of aromatic nitrogens is 2. The highest BCUT2D eigenvalue weighted by atomic mass is 35.5. The minimum absolute atomic E-state index is 0.00968. The lowest BCUT2D eigenvalue weighted by atomic mass is 9.96. The maximum atomic E-state index is 13.8. The predicted octanol–water partition coefficient (Wildman–Crippen LogP) is 4.81. The van der Waals surface area contributed by atoms with Gasteiger partial charge in [0.05, 0.1) is 18.2 Å². The molecule has 2 aromatic heterocycles. The van der Waals surface area contributed by atoms with Crippen LogP contribution in [0.15, 0.2) is 67.0 Å². The lowest BCUT2D eigenvalue weighted by Gasteiger charge is -2.38. The normalized spacial score (nSPS) is 14.9. The van der Waals surface area contributed by atoms with Crippen LogP contribution >= 0.6 is 11.6 Å². The number of aromatic amines is 1. The molecule has 0 saturated carbocycles. The summed E-state index contributed by atoms with van der Waals surface area (Å²) in [7, 11) is 0. The van der Waals surface area contributed by atoms with Crippen LogP contribution in [0.1, 0.15) is 30.9 Å². The van der Waals surface area contributed by atoms with Crippen molar-refractivity contribution in [1.82, 2.24) is 20.2 Å². The summed E-state index contributed by atoms with van der Waals surface area (Å²) < 4.78 is 0. The number of carbonyl (C=O) groups excluding carboxylic acids is 1. The number of anilines is 1. The molecule has 0 bridgehead atoms. The van der Waals surface area contributed by atoms with Gasteiger partial charge in [-0.1, -0.05) is 55.8 Å². The van der Waals surface area contributed by atoms with Crippen LogP contribution in [0.2, 0.25) is 5.02 Å². The highest BCUT2D eigenvalue weighted by molar-refractivity contribution is 6.30. The smallest absolute Gasteiger partial charge is 0.231 e. The van der Waals surface area contributed by atoms with E-state index in [0.717, 1.165) is 39.0 Å². The fraction of sp³-hybridized carbons (Fsp3) is 0.333. The van der Waals surface area contributed by atoms with E-state index < -0.39 is 0 Å². The number of fused-ring (bicyclic) bond motifs is 1. The zero-order valence-corrected chi connectivity index (χ0v) is 22.6. The van der Waals surface area contributed by atoms with Gasteiger partial charge in [-0.25, -0.2) is 4.98 Å². The molecule has 1 fully saturated rings. The number of carbonyl (C=O) groups is 1. The maximum absolute atomic E-state index is 13.8. The molecule has 0 spiro atoms. The fourth-order valence-corrected chi connectivity index (χ4v) is 5.28. The van der Waals surface area contributed by atoms with Crippen molar-refractivity contribution in [2.45, 2.75) is 32.4 Å². The number of aliphatic hydroxyl groups is 1. The van der Waals surface area contributed by atoms with E-state index in [9.17, 15) is 9.90 Å². The Labute approximate surface area is 228 Å². The third-order valence-electron chi connectivity index (χ3n) is 7.19. The molecule has 0 radical (unpaired) electrons. The number of hydrogen-bond donors (Lipinski definition) is 3. The summed E-state index contributed by atoms with van der Waals surface area (Å²) in [6.07, 6.45) is 3.81. The molecule has 38 heavy (non-hydrogen) atoms. The average molecular weight is 532 g/mol. The van der Waals surface area contributed by atoms with E-state index in [2.05, 4.69) is 46.2 Å². The zero-order chi connectivity index (χ0) is 26.6. The molecule has 1 atom stereocenters. The third kappa shape index (κ3) is 5.55. The van der Waals surface area contributed by atoms with Gasteiger partial charge < -0.3 is 25.2 Å². The van der Waals surface area contributed by atoms with Crippen molar-refractivity contribution in [3.05, 3.63) is 83.1 Å². The van der Waals surface area contributed by atoms with E-state index in [1.807, 2.05) is 59.8 Å². The zero-order valence-electron chi connectivity index (χ0n) is 21.8. The molecule has 8 heteroatoms. The Balaban J connectivity index is 1.39. The standard InChI is InChI=1S/C30H34ClN5O2/c1-20(2)33-18-27(22-6-8-24(31)9-7-22)30(38)36-14-12-35(13-15-36)28-25-10-11-32-29(25)34-17-26(28)23-5-3-4-21(16-23)19-37/h3-11,16-17,20,27,33,37H,12-15,18-19H2,1-2H3,(H,32,34)/t27-/m1/s1. The second-order valence-electron chi connectivity index (χ2n) is 10.1. The summed E-state index contributed by atoms with van der Waals surface area (Å²) in [6.45, 7) is 7.45. The van der Waals surface area contributed by atoms with Crippen molar-refractivity contribution in [3.8, 4) is 11.1 Å². The molecular formula is C30H34ClN5O2. The van der Waals surface area contributed by atoms with Gasteiger partial charge in [0, 0.05) is 67.1 Å². The lowest BCUT2D eigenvalue weighted by Crippen LogP contribution is -2.51. The molecule has 3 N–H and O–H groups in total. The second kappa shape index (κ2) is 11.6. The topological polar surface area (TPSA) is 84.5 Å². The first-order chi connectivity index (χ1) is 18.4. The molecule has 0 aliphatic carbocycles. The first-order valence-electron chi connectivity index (χ1n) is 13.1. The van der Waals surface area contributed by atoms with Gasteiger partial charge >= 0.3 is 0 Å². The maximum Gasteiger partial charge on any atom is 0.231 e. The molecule has 3 heterocycles. The number of hydrogen-bond acceptors (Lipinski definition) is 5. The Bertz CT molecular complexity index is 1390. The van der Waals surface area contributed by atoms with Crippen molar-refractivity contribution < 1.29 is 9.90 Å². The summed E-state index contributed by atoms with van der Waals surface area (Å²) >= 11 is 6.12. The van der Waals surface area contributed by atoms with Crippen LogP contribution in [-0.4, -0.2) is 64.6 Å². The van der Waals surface area contributed by atoms with Crippen molar-refractivity contribution >= 4 is 34.2 Å². The summed E-state index contributed by atoms with van der Waals surface area (Å²) in [4.78, 5) is 26.0. The molecule has 2 aromatic carbocycles. The van der Waals surface area contributed by atoms with Gasteiger partial charge in [-0.2, -0.15) is 0 Å². The molecular weight excluding hydrogens is 498 g/mol. The van der Waals surface area contributed by atoms with Gasteiger partial charge in [0.25, 0.3) is 0 Å². The SMILES string of the molecule is CC(C)NC[C@@H](C(=O)N1CCN(c2c(-c3cccc(CO)c3)cnc3[nH]ccc23)CC1)c1ccc(Cl)cc1. The minimum Gasteiger partial charge on any atom is -0.392 e. The Morgan fingerprint density at radius 2 is 1.87 bits per heavy atom. The minimum atomic E-state index is -0.268. The number of pyridine rings is 1. The molecule has 5 rings (SSSR count). The highest BCUT2D eigenvalue weighted by Crippen LogP contribution is 2.37. The summed E-state index contributed by atoms with van der Waals surface area (Å²) in [5, 5.41) is 14.8. The van der Waals surface area contributed by atoms with E-state index in [1.54, 1.807) is 0 Å². The Kier molecular flexibility index (Phi) is 7.98. The number of rotatable bonds is 8. The Morgan fingerprint density at radius 3 is 2.58 bits per heavy atom. The molecule has 1 aliphatic heterocycles. The van der Waals surface area contributed by atoms with E-state index in [4.69, 9.17) is 11.6 Å². The quantitative estimate of drug-likeness (QED) is 0.304. The number of amides is 1. The van der Waals surface area contributed by atoms with Crippen LogP contribution in [0.3, 0.4) is 0 Å². The number of nitrogens with one attached hydrogen (secondary N) is 2. The fourth-order valence-electron chi connectivity index (χ4n) is 5.15. The Morgan fingerprint density at radius 1 is 1.11 bits per heavy atom. The Hall–Kier alpha value is -3.39. The van der Waals surface area contributed by atoms with Gasteiger partial charge in [-0.15, -0.1) is 0 Å². The van der Waals surface area contributed by atoms with E-state index in [-0.39, 0.29) is 24.5 Å². The van der Waals surface area contributed by atoms with Crippen LogP contribution in [-0.2, 0) is 11.4 Å². The molecule has 1 aliphatic rings. The molecule has 1 amide bonds. The van der Waals surface area contributed by atoms with Crippen LogP contribution in [0, 0.1) is 0 Å². The molecule has 7 nitrogen and oxygen atoms in total. The summed E-state index contributed by atoms with van der Waals surface area (Å²) in [6, 6.07) is 17.9. The number of halogens is 1. The lowest BCUT2D eigenvalue weighted by molar-refractivity contribution is -0.133. The molecule has 4 aromatic rings. The average Bonchev–Trinajstić information content (AvgIpc) is 3.42. The van der Waals surface area contributed by atoms with Crippen molar-refractivity contribution in [2.75, 3.05) is 37.6 Å².